The molecule has 2 amide bonds. The molecular weight excluding hydrogens is 402 g/mol. The highest BCUT2D eigenvalue weighted by Gasteiger charge is 2.23. The normalized spacial score (nSPS) is 14.2. The van der Waals surface area contributed by atoms with Crippen LogP contribution in [-0.2, 0) is 17.8 Å². The van der Waals surface area contributed by atoms with Gasteiger partial charge in [0.2, 0.25) is 5.91 Å². The Morgan fingerprint density at radius 3 is 2.44 bits per heavy atom. The number of benzene rings is 2. The molecule has 4 rings (SSSR count). The number of rotatable bonds is 8. The predicted molar refractivity (Wildman–Crippen MR) is 124 cm³/mol. The van der Waals surface area contributed by atoms with Gasteiger partial charge in [0.05, 0.1) is 18.4 Å². The quantitative estimate of drug-likeness (QED) is 0.567. The summed E-state index contributed by atoms with van der Waals surface area (Å²) in [6, 6.07) is 21.6. The molecule has 6 heteroatoms. The lowest BCUT2D eigenvalue weighted by molar-refractivity contribution is -0.121. The lowest BCUT2D eigenvalue weighted by atomic mass is 10.0. The highest BCUT2D eigenvalue weighted by Crippen LogP contribution is 2.24. The molecule has 1 fully saturated rings. The highest BCUT2D eigenvalue weighted by atomic mass is 16.3. The Hall–Kier alpha value is -3.54. The Labute approximate surface area is 188 Å². The van der Waals surface area contributed by atoms with Gasteiger partial charge in [-0.15, -0.1) is 0 Å². The summed E-state index contributed by atoms with van der Waals surface area (Å²) < 4.78 is 5.29. The van der Waals surface area contributed by atoms with E-state index in [0.717, 1.165) is 43.8 Å². The fourth-order valence-corrected chi connectivity index (χ4v) is 4.08. The number of amides is 2. The van der Waals surface area contributed by atoms with Crippen molar-refractivity contribution in [3.05, 3.63) is 89.9 Å². The van der Waals surface area contributed by atoms with E-state index in [1.807, 2.05) is 60.7 Å². The molecule has 0 atom stereocenters. The van der Waals surface area contributed by atoms with Crippen LogP contribution in [0.1, 0.15) is 40.9 Å². The number of aryl methyl sites for hydroxylation is 1. The Morgan fingerprint density at radius 2 is 1.69 bits per heavy atom. The maximum absolute atomic E-state index is 12.8. The minimum atomic E-state index is -0.117. The largest absolute Gasteiger partial charge is 0.467 e. The first-order valence-electron chi connectivity index (χ1n) is 11.2. The fraction of sp³-hybridized carbons (Fsp3) is 0.308. The third-order valence-corrected chi connectivity index (χ3v) is 5.84. The zero-order chi connectivity index (χ0) is 22.2. The van der Waals surface area contributed by atoms with Gasteiger partial charge < -0.3 is 20.0 Å². The van der Waals surface area contributed by atoms with E-state index in [1.54, 1.807) is 12.3 Å². The molecular formula is C26H29N3O3. The summed E-state index contributed by atoms with van der Waals surface area (Å²) in [5.41, 5.74) is 2.77. The minimum absolute atomic E-state index is 0.102. The third-order valence-electron chi connectivity index (χ3n) is 5.84. The molecule has 6 nitrogen and oxygen atoms in total. The van der Waals surface area contributed by atoms with E-state index in [4.69, 9.17) is 4.42 Å². The molecule has 3 aromatic rings. The number of furan rings is 1. The molecule has 0 bridgehead atoms. The van der Waals surface area contributed by atoms with Crippen molar-refractivity contribution in [2.75, 3.05) is 18.0 Å². The number of nitrogens with zero attached hydrogens (tertiary/aromatic N) is 1. The number of piperidine rings is 1. The van der Waals surface area contributed by atoms with Crippen molar-refractivity contribution < 1.29 is 14.0 Å². The van der Waals surface area contributed by atoms with Crippen molar-refractivity contribution in [1.29, 1.82) is 0 Å². The minimum Gasteiger partial charge on any atom is -0.467 e. The van der Waals surface area contributed by atoms with Gasteiger partial charge in [-0.25, -0.2) is 0 Å². The van der Waals surface area contributed by atoms with Gasteiger partial charge >= 0.3 is 0 Å². The summed E-state index contributed by atoms with van der Waals surface area (Å²) in [5.74, 6) is 0.706. The first-order valence-corrected chi connectivity index (χ1v) is 11.2. The third kappa shape index (κ3) is 5.78. The summed E-state index contributed by atoms with van der Waals surface area (Å²) in [5, 5.41) is 6.11. The SMILES string of the molecule is O=C(CCc1ccccc1)NC1CCN(c2ccccc2C(=O)NCc2ccco2)CC1. The summed E-state index contributed by atoms with van der Waals surface area (Å²) in [7, 11) is 0. The van der Waals surface area contributed by atoms with Crippen molar-refractivity contribution in [1.82, 2.24) is 10.6 Å². The van der Waals surface area contributed by atoms with Crippen LogP contribution in [0.4, 0.5) is 5.69 Å². The van der Waals surface area contributed by atoms with Crippen molar-refractivity contribution in [2.45, 2.75) is 38.3 Å². The summed E-state index contributed by atoms with van der Waals surface area (Å²) in [6.07, 6.45) is 4.58. The monoisotopic (exact) mass is 431 g/mol. The fourth-order valence-electron chi connectivity index (χ4n) is 4.08. The summed E-state index contributed by atoms with van der Waals surface area (Å²) in [6.45, 7) is 1.95. The zero-order valence-electron chi connectivity index (χ0n) is 18.1. The topological polar surface area (TPSA) is 74.6 Å². The highest BCUT2D eigenvalue weighted by molar-refractivity contribution is 5.99. The van der Waals surface area contributed by atoms with Gasteiger partial charge in [0.15, 0.2) is 0 Å². The molecule has 32 heavy (non-hydrogen) atoms. The Kier molecular flexibility index (Phi) is 7.23. The molecule has 1 aliphatic heterocycles. The molecule has 2 heterocycles. The van der Waals surface area contributed by atoms with E-state index in [-0.39, 0.29) is 17.9 Å². The Balaban J connectivity index is 1.27. The molecule has 0 saturated carbocycles. The van der Waals surface area contributed by atoms with E-state index in [0.29, 0.717) is 18.5 Å². The van der Waals surface area contributed by atoms with Gasteiger partial charge in [-0.05, 0) is 49.1 Å². The Morgan fingerprint density at radius 1 is 0.938 bits per heavy atom. The molecule has 1 aliphatic rings. The van der Waals surface area contributed by atoms with Crippen LogP contribution in [0.25, 0.3) is 0 Å². The van der Waals surface area contributed by atoms with Crippen molar-refractivity contribution >= 4 is 17.5 Å². The maximum Gasteiger partial charge on any atom is 0.253 e. The van der Waals surface area contributed by atoms with Crippen LogP contribution in [0.2, 0.25) is 0 Å². The van der Waals surface area contributed by atoms with Gasteiger partial charge in [-0.3, -0.25) is 9.59 Å². The molecule has 0 unspecified atom stereocenters. The van der Waals surface area contributed by atoms with Gasteiger partial charge in [-0.1, -0.05) is 42.5 Å². The predicted octanol–water partition coefficient (Wildman–Crippen LogP) is 3.93. The second-order valence-corrected chi connectivity index (χ2v) is 8.09. The number of nitrogens with one attached hydrogen (secondary N) is 2. The number of carbonyl (C=O) groups is 2. The van der Waals surface area contributed by atoms with Gasteiger partial charge in [-0.2, -0.15) is 0 Å². The molecule has 0 spiro atoms. The lowest BCUT2D eigenvalue weighted by Gasteiger charge is -2.35. The van der Waals surface area contributed by atoms with Gasteiger partial charge in [0.25, 0.3) is 5.91 Å². The number of anilines is 1. The molecule has 166 valence electrons. The van der Waals surface area contributed by atoms with Crippen LogP contribution in [0.15, 0.2) is 77.4 Å². The number of carbonyl (C=O) groups excluding carboxylic acids is 2. The Bertz CT molecular complexity index is 1010. The second-order valence-electron chi connectivity index (χ2n) is 8.09. The summed E-state index contributed by atoms with van der Waals surface area (Å²) in [4.78, 5) is 27.4. The lowest BCUT2D eigenvalue weighted by Crippen LogP contribution is -2.45. The van der Waals surface area contributed by atoms with Crippen LogP contribution in [0.3, 0.4) is 0 Å². The number of hydrogen-bond acceptors (Lipinski definition) is 4. The van der Waals surface area contributed by atoms with Crippen LogP contribution in [0, 0.1) is 0 Å². The molecule has 1 saturated heterocycles. The molecule has 1 aromatic heterocycles. The van der Waals surface area contributed by atoms with Crippen LogP contribution in [0.5, 0.6) is 0 Å². The second kappa shape index (κ2) is 10.7. The summed E-state index contributed by atoms with van der Waals surface area (Å²) >= 11 is 0. The van der Waals surface area contributed by atoms with Crippen LogP contribution >= 0.6 is 0 Å². The molecule has 0 aliphatic carbocycles. The maximum atomic E-state index is 12.8. The molecule has 2 aromatic carbocycles. The first kappa shape index (κ1) is 21.7. The van der Waals surface area contributed by atoms with E-state index in [2.05, 4.69) is 15.5 Å². The smallest absolute Gasteiger partial charge is 0.253 e. The van der Waals surface area contributed by atoms with E-state index in [9.17, 15) is 9.59 Å². The average molecular weight is 432 g/mol. The van der Waals surface area contributed by atoms with Crippen molar-refractivity contribution in [3.8, 4) is 0 Å². The molecule has 0 radical (unpaired) electrons. The van der Waals surface area contributed by atoms with E-state index in [1.165, 1.54) is 5.56 Å². The average Bonchev–Trinajstić information content (AvgIpc) is 3.36. The van der Waals surface area contributed by atoms with Gasteiger partial charge in [0, 0.05) is 31.2 Å². The van der Waals surface area contributed by atoms with Crippen molar-refractivity contribution in [3.63, 3.8) is 0 Å². The van der Waals surface area contributed by atoms with E-state index >= 15 is 0 Å². The van der Waals surface area contributed by atoms with E-state index < -0.39 is 0 Å². The standard InChI is InChI=1S/C26H29N3O3/c30-25(13-12-20-7-2-1-3-8-20)28-21-14-16-29(17-15-21)24-11-5-4-10-23(24)26(31)27-19-22-9-6-18-32-22/h1-11,18,21H,12-17,19H2,(H,27,31)(H,28,30). The molecule has 2 N–H and O–H groups in total. The van der Waals surface area contributed by atoms with Crippen LogP contribution < -0.4 is 15.5 Å². The van der Waals surface area contributed by atoms with Crippen LogP contribution in [-0.4, -0.2) is 30.9 Å². The number of hydrogen-bond donors (Lipinski definition) is 2. The van der Waals surface area contributed by atoms with Gasteiger partial charge in [0.1, 0.15) is 5.76 Å². The first-order chi connectivity index (χ1) is 15.7. The van der Waals surface area contributed by atoms with Crippen molar-refractivity contribution in [2.24, 2.45) is 0 Å². The number of para-hydroxylation sites is 1. The zero-order valence-corrected chi connectivity index (χ0v) is 18.1.